The van der Waals surface area contributed by atoms with Crippen molar-refractivity contribution in [3.63, 3.8) is 0 Å². The molecule has 1 amide bonds. The van der Waals surface area contributed by atoms with Crippen molar-refractivity contribution in [1.82, 2.24) is 4.90 Å². The third-order valence-corrected chi connectivity index (χ3v) is 6.00. The molecular formula is C29H33NO5. The normalized spacial score (nSPS) is 15.3. The number of Topliss-reactive ketones (excluding diaryl/α,β-unsaturated/α-hetero) is 1. The number of rotatable bonds is 14. The quantitative estimate of drug-likeness (QED) is 0.227. The van der Waals surface area contributed by atoms with Crippen LogP contribution in [-0.4, -0.2) is 41.5 Å². The molecule has 0 saturated heterocycles. The fraction of sp³-hybridized carbons (Fsp3) is 0.310. The minimum Gasteiger partial charge on any atom is -0.509 e. The summed E-state index contributed by atoms with van der Waals surface area (Å²) in [5.41, 5.74) is 1.71. The highest BCUT2D eigenvalue weighted by atomic mass is 16.5. The van der Waals surface area contributed by atoms with Crippen molar-refractivity contribution >= 4 is 11.7 Å². The second kappa shape index (κ2) is 12.6. The summed E-state index contributed by atoms with van der Waals surface area (Å²) in [6, 6.07) is 14.3. The van der Waals surface area contributed by atoms with E-state index in [1.807, 2.05) is 54.6 Å². The molecule has 3 rings (SSSR count). The molecule has 2 aromatic rings. The first-order valence-electron chi connectivity index (χ1n) is 11.8. The number of unbranched alkanes of at least 4 members (excludes halogenated alkanes) is 2. The summed E-state index contributed by atoms with van der Waals surface area (Å²) in [6.45, 7) is 8.02. The lowest BCUT2D eigenvalue weighted by Gasteiger charge is -2.26. The Labute approximate surface area is 207 Å². The van der Waals surface area contributed by atoms with E-state index in [0.717, 1.165) is 24.0 Å². The zero-order chi connectivity index (χ0) is 25.2. The van der Waals surface area contributed by atoms with E-state index in [2.05, 4.69) is 13.2 Å². The van der Waals surface area contributed by atoms with Crippen LogP contribution < -0.4 is 9.47 Å². The number of amides is 1. The maximum Gasteiger partial charge on any atom is 0.261 e. The van der Waals surface area contributed by atoms with Crippen LogP contribution in [0, 0.1) is 0 Å². The van der Waals surface area contributed by atoms with E-state index in [9.17, 15) is 14.7 Å². The van der Waals surface area contributed by atoms with Crippen molar-refractivity contribution in [2.75, 3.05) is 13.7 Å². The van der Waals surface area contributed by atoms with Crippen molar-refractivity contribution in [3.8, 4) is 11.5 Å². The number of aliphatic hydroxyl groups is 1. The lowest BCUT2D eigenvalue weighted by Crippen LogP contribution is -2.37. The van der Waals surface area contributed by atoms with Crippen molar-refractivity contribution in [2.24, 2.45) is 0 Å². The molecule has 6 nitrogen and oxygen atoms in total. The van der Waals surface area contributed by atoms with E-state index >= 15 is 0 Å². The second-order valence-corrected chi connectivity index (χ2v) is 8.46. The largest absolute Gasteiger partial charge is 0.509 e. The fourth-order valence-corrected chi connectivity index (χ4v) is 4.09. The first-order valence-corrected chi connectivity index (χ1v) is 11.8. The highest BCUT2D eigenvalue weighted by molar-refractivity contribution is 6.21. The number of carbonyl (C=O) groups excluding carboxylic acids is 2. The average molecular weight is 476 g/mol. The second-order valence-electron chi connectivity index (χ2n) is 8.46. The van der Waals surface area contributed by atoms with Crippen LogP contribution in [0.25, 0.3) is 0 Å². The van der Waals surface area contributed by atoms with Crippen LogP contribution in [0.5, 0.6) is 11.5 Å². The minimum absolute atomic E-state index is 0.0898. The molecule has 6 heteroatoms. The summed E-state index contributed by atoms with van der Waals surface area (Å²) in [5.74, 6) is 0.536. The van der Waals surface area contributed by atoms with Gasteiger partial charge in [-0.2, -0.15) is 0 Å². The number of hydrogen-bond acceptors (Lipinski definition) is 5. The van der Waals surface area contributed by atoms with Crippen molar-refractivity contribution in [1.29, 1.82) is 0 Å². The van der Waals surface area contributed by atoms with Gasteiger partial charge in [0.15, 0.2) is 5.78 Å². The molecule has 0 saturated carbocycles. The van der Waals surface area contributed by atoms with Crippen LogP contribution in [0.1, 0.15) is 36.8 Å². The van der Waals surface area contributed by atoms with Crippen LogP contribution >= 0.6 is 0 Å². The smallest absolute Gasteiger partial charge is 0.261 e. The molecule has 0 unspecified atom stereocenters. The molecule has 1 aliphatic rings. The summed E-state index contributed by atoms with van der Waals surface area (Å²) in [5, 5.41) is 11.1. The van der Waals surface area contributed by atoms with E-state index < -0.39 is 11.9 Å². The molecule has 1 atom stereocenters. The van der Waals surface area contributed by atoms with Gasteiger partial charge >= 0.3 is 0 Å². The molecule has 0 bridgehead atoms. The molecule has 2 aromatic carbocycles. The first-order chi connectivity index (χ1) is 17.0. The Hall–Kier alpha value is -3.80. The number of ether oxygens (including phenoxy) is 2. The molecular weight excluding hydrogens is 442 g/mol. The lowest BCUT2D eigenvalue weighted by atomic mass is 10.0. The van der Waals surface area contributed by atoms with Gasteiger partial charge in [0, 0.05) is 19.4 Å². The van der Waals surface area contributed by atoms with Gasteiger partial charge in [0.2, 0.25) is 0 Å². The number of ketones is 1. The van der Waals surface area contributed by atoms with Gasteiger partial charge < -0.3 is 19.5 Å². The number of aliphatic hydroxyl groups excluding tert-OH is 1. The third-order valence-electron chi connectivity index (χ3n) is 6.00. The van der Waals surface area contributed by atoms with Crippen molar-refractivity contribution in [3.05, 3.63) is 96.3 Å². The van der Waals surface area contributed by atoms with E-state index in [-0.39, 0.29) is 30.1 Å². The van der Waals surface area contributed by atoms with E-state index in [1.165, 1.54) is 0 Å². The van der Waals surface area contributed by atoms with Crippen molar-refractivity contribution in [2.45, 2.75) is 44.7 Å². The van der Waals surface area contributed by atoms with Gasteiger partial charge in [-0.25, -0.2) is 0 Å². The number of carbonyl (C=O) groups is 2. The van der Waals surface area contributed by atoms with Gasteiger partial charge in [0.05, 0.1) is 13.2 Å². The molecule has 0 radical (unpaired) electrons. The molecule has 184 valence electrons. The van der Waals surface area contributed by atoms with Crippen LogP contribution in [-0.2, 0) is 22.6 Å². The summed E-state index contributed by atoms with van der Waals surface area (Å²) >= 11 is 0. The zero-order valence-electron chi connectivity index (χ0n) is 20.2. The summed E-state index contributed by atoms with van der Waals surface area (Å²) < 4.78 is 10.8. The number of nitrogens with zero attached hydrogens (tertiary/aromatic N) is 1. The number of allylic oxidation sites excluding steroid dienone is 1. The molecule has 35 heavy (non-hydrogen) atoms. The fourth-order valence-electron chi connectivity index (χ4n) is 4.09. The summed E-state index contributed by atoms with van der Waals surface area (Å²) in [7, 11) is 1.59. The molecule has 0 fully saturated rings. The van der Waals surface area contributed by atoms with Crippen LogP contribution in [0.2, 0.25) is 0 Å². The molecule has 0 aromatic heterocycles. The van der Waals surface area contributed by atoms with Crippen LogP contribution in [0.15, 0.2) is 85.2 Å². The minimum atomic E-state index is -0.628. The highest BCUT2D eigenvalue weighted by Gasteiger charge is 2.42. The van der Waals surface area contributed by atoms with Gasteiger partial charge in [-0.15, -0.1) is 6.58 Å². The van der Waals surface area contributed by atoms with Gasteiger partial charge in [0.1, 0.15) is 29.4 Å². The van der Waals surface area contributed by atoms with Crippen LogP contribution in [0.4, 0.5) is 0 Å². The molecule has 1 aliphatic heterocycles. The SMILES string of the molecule is C=CCCCCC(=O)C1=C(O)[C@H](Cc2ccc(OCC=C)cc2)N(Cc2ccc(OC)cc2)C1=O. The average Bonchev–Trinajstić information content (AvgIpc) is 3.10. The summed E-state index contributed by atoms with van der Waals surface area (Å²) in [4.78, 5) is 27.9. The van der Waals surface area contributed by atoms with E-state index in [1.54, 1.807) is 18.1 Å². The first kappa shape index (κ1) is 25.8. The molecule has 0 spiro atoms. The van der Waals surface area contributed by atoms with Gasteiger partial charge in [0.25, 0.3) is 5.91 Å². The van der Waals surface area contributed by atoms with Gasteiger partial charge in [-0.3, -0.25) is 9.59 Å². The Bertz CT molecular complexity index is 1070. The van der Waals surface area contributed by atoms with Gasteiger partial charge in [-0.05, 0) is 54.7 Å². The van der Waals surface area contributed by atoms with Crippen molar-refractivity contribution < 1.29 is 24.2 Å². The van der Waals surface area contributed by atoms with Crippen LogP contribution in [0.3, 0.4) is 0 Å². The topological polar surface area (TPSA) is 76.1 Å². The Morgan fingerprint density at radius 2 is 1.66 bits per heavy atom. The molecule has 0 aliphatic carbocycles. The van der Waals surface area contributed by atoms with E-state index in [0.29, 0.717) is 30.9 Å². The number of hydrogen-bond donors (Lipinski definition) is 1. The zero-order valence-corrected chi connectivity index (χ0v) is 20.2. The summed E-state index contributed by atoms with van der Waals surface area (Å²) in [6.07, 6.45) is 6.35. The van der Waals surface area contributed by atoms with E-state index in [4.69, 9.17) is 9.47 Å². The molecule has 1 N–H and O–H groups in total. The standard InChI is InChI=1S/C29H33NO5/c1-4-6-7-8-9-26(31)27-28(32)25(19-21-10-16-24(17-11-21)35-18-5-2)30(29(27)33)20-22-12-14-23(34-3)15-13-22/h4-5,10-17,25,32H,1-2,6-9,18-20H2,3H3/t25-/m0/s1. The third kappa shape index (κ3) is 6.63. The Morgan fingerprint density at radius 3 is 2.29 bits per heavy atom. The Kier molecular flexibility index (Phi) is 9.30. The Balaban J connectivity index is 1.83. The monoisotopic (exact) mass is 475 g/mol. The maximum atomic E-state index is 13.4. The number of methoxy groups -OCH3 is 1. The highest BCUT2D eigenvalue weighted by Crippen LogP contribution is 2.31. The predicted octanol–water partition coefficient (Wildman–Crippen LogP) is 5.34. The predicted molar refractivity (Wildman–Crippen MR) is 136 cm³/mol. The number of benzene rings is 2. The Morgan fingerprint density at radius 1 is 1.00 bits per heavy atom. The maximum absolute atomic E-state index is 13.4. The van der Waals surface area contributed by atoms with Gasteiger partial charge in [-0.1, -0.05) is 43.0 Å². The lowest BCUT2D eigenvalue weighted by molar-refractivity contribution is -0.129. The molecule has 1 heterocycles.